The minimum Gasteiger partial charge on any atom is -0.341 e. The number of carbonyl (C=O) groups is 1. The Morgan fingerprint density at radius 3 is 2.40 bits per heavy atom. The number of hydrogen-bond acceptors (Lipinski definition) is 3. The van der Waals surface area contributed by atoms with Gasteiger partial charge in [-0.2, -0.15) is 0 Å². The van der Waals surface area contributed by atoms with Crippen molar-refractivity contribution in [3.63, 3.8) is 0 Å². The first-order valence-corrected chi connectivity index (χ1v) is 6.44. The summed E-state index contributed by atoms with van der Waals surface area (Å²) in [6.07, 6.45) is 0. The van der Waals surface area contributed by atoms with Crippen LogP contribution in [0.2, 0.25) is 0 Å². The zero-order chi connectivity index (χ0) is 10.1. The predicted molar refractivity (Wildman–Crippen MR) is 66.4 cm³/mol. The molecule has 3 atom stereocenters. The Morgan fingerprint density at radius 2 is 1.93 bits per heavy atom. The van der Waals surface area contributed by atoms with E-state index in [0.717, 1.165) is 24.7 Å². The van der Waals surface area contributed by atoms with Gasteiger partial charge in [-0.1, -0.05) is 13.8 Å². The van der Waals surface area contributed by atoms with Crippen molar-refractivity contribution >= 4 is 30.1 Å². The van der Waals surface area contributed by atoms with Gasteiger partial charge in [-0.05, 0) is 11.8 Å². The van der Waals surface area contributed by atoms with Crippen molar-refractivity contribution in [1.29, 1.82) is 0 Å². The highest BCUT2D eigenvalue weighted by Gasteiger charge is 2.34. The van der Waals surface area contributed by atoms with Crippen LogP contribution in [0, 0.1) is 11.8 Å². The molecule has 0 aliphatic carbocycles. The van der Waals surface area contributed by atoms with Crippen molar-refractivity contribution in [1.82, 2.24) is 10.2 Å². The van der Waals surface area contributed by atoms with Crippen LogP contribution in [0.1, 0.15) is 13.8 Å². The molecule has 15 heavy (non-hydrogen) atoms. The lowest BCUT2D eigenvalue weighted by atomic mass is 10.0. The van der Waals surface area contributed by atoms with Gasteiger partial charge in [0.25, 0.3) is 0 Å². The quantitative estimate of drug-likeness (QED) is 0.759. The third kappa shape index (κ3) is 2.80. The Morgan fingerprint density at radius 1 is 1.33 bits per heavy atom. The van der Waals surface area contributed by atoms with Crippen LogP contribution >= 0.6 is 24.2 Å². The van der Waals surface area contributed by atoms with Gasteiger partial charge in [-0.15, -0.1) is 24.2 Å². The largest absolute Gasteiger partial charge is 0.341 e. The zero-order valence-electron chi connectivity index (χ0n) is 9.23. The van der Waals surface area contributed by atoms with E-state index < -0.39 is 0 Å². The summed E-state index contributed by atoms with van der Waals surface area (Å²) < 4.78 is 0. The summed E-state index contributed by atoms with van der Waals surface area (Å²) in [6, 6.07) is 0.0810. The van der Waals surface area contributed by atoms with Gasteiger partial charge < -0.3 is 4.90 Å². The van der Waals surface area contributed by atoms with Crippen LogP contribution in [0.15, 0.2) is 0 Å². The highest BCUT2D eigenvalue weighted by Crippen LogP contribution is 2.23. The fourth-order valence-corrected chi connectivity index (χ4v) is 3.02. The zero-order valence-corrected chi connectivity index (χ0v) is 10.9. The highest BCUT2D eigenvalue weighted by atomic mass is 35.5. The molecule has 0 bridgehead atoms. The van der Waals surface area contributed by atoms with Gasteiger partial charge in [0.1, 0.15) is 0 Å². The second-order valence-corrected chi connectivity index (χ2v) is 5.50. The summed E-state index contributed by atoms with van der Waals surface area (Å²) in [6.45, 7) is 6.36. The van der Waals surface area contributed by atoms with Crippen molar-refractivity contribution < 1.29 is 4.79 Å². The van der Waals surface area contributed by atoms with E-state index in [9.17, 15) is 4.79 Å². The van der Waals surface area contributed by atoms with E-state index in [1.165, 1.54) is 0 Å². The van der Waals surface area contributed by atoms with E-state index in [4.69, 9.17) is 0 Å². The Bertz CT molecular complexity index is 223. The first kappa shape index (κ1) is 13.1. The molecule has 3 nitrogen and oxygen atoms in total. The number of nitrogens with one attached hydrogen (secondary N) is 1. The average molecular weight is 251 g/mol. The maximum atomic E-state index is 12.0. The van der Waals surface area contributed by atoms with Crippen LogP contribution in [-0.2, 0) is 4.79 Å². The molecule has 2 heterocycles. The molecule has 0 radical (unpaired) electrons. The van der Waals surface area contributed by atoms with Crippen molar-refractivity contribution in [2.45, 2.75) is 19.9 Å². The Balaban J connectivity index is 0.00000112. The van der Waals surface area contributed by atoms with Crippen molar-refractivity contribution in [3.05, 3.63) is 0 Å². The molecule has 2 fully saturated rings. The van der Waals surface area contributed by atoms with Gasteiger partial charge >= 0.3 is 0 Å². The molecular weight excluding hydrogens is 232 g/mol. The molecule has 0 aromatic carbocycles. The highest BCUT2D eigenvalue weighted by molar-refractivity contribution is 7.99. The summed E-state index contributed by atoms with van der Waals surface area (Å²) >= 11 is 1.81. The number of nitrogens with zero attached hydrogens (tertiary/aromatic N) is 1. The molecule has 5 heteroatoms. The molecule has 1 amide bonds. The molecule has 2 aliphatic rings. The first-order chi connectivity index (χ1) is 6.68. The fraction of sp³-hybridized carbons (Fsp3) is 0.900. The average Bonchev–Trinajstić information content (AvgIpc) is 2.76. The Hall–Kier alpha value is 0.0700. The maximum Gasteiger partial charge on any atom is 0.240 e. The lowest BCUT2D eigenvalue weighted by Gasteiger charge is -2.19. The monoisotopic (exact) mass is 250 g/mol. The van der Waals surface area contributed by atoms with E-state index in [0.29, 0.717) is 17.7 Å². The second-order valence-electron chi connectivity index (χ2n) is 4.47. The first-order valence-electron chi connectivity index (χ1n) is 5.28. The van der Waals surface area contributed by atoms with Gasteiger partial charge in [0, 0.05) is 24.7 Å². The molecule has 2 aliphatic heterocycles. The number of carbonyl (C=O) groups excluding carboxylic acids is 1. The topological polar surface area (TPSA) is 32.3 Å². The van der Waals surface area contributed by atoms with E-state index in [-0.39, 0.29) is 18.4 Å². The SMILES string of the molecule is CC1CN(C(=O)[C@H]2CSCN2)CC1C.Cl. The number of likely N-dealkylation sites (tertiary alicyclic amines) is 1. The summed E-state index contributed by atoms with van der Waals surface area (Å²) in [5, 5.41) is 3.23. The molecule has 0 saturated carbocycles. The number of halogens is 1. The lowest BCUT2D eigenvalue weighted by molar-refractivity contribution is -0.131. The van der Waals surface area contributed by atoms with Crippen LogP contribution in [0.25, 0.3) is 0 Å². The van der Waals surface area contributed by atoms with E-state index >= 15 is 0 Å². The lowest BCUT2D eigenvalue weighted by Crippen LogP contribution is -2.44. The predicted octanol–water partition coefficient (Wildman–Crippen LogP) is 1.19. The number of hydrogen-bond donors (Lipinski definition) is 1. The number of amides is 1. The molecule has 2 unspecified atom stereocenters. The molecule has 0 aromatic rings. The molecule has 88 valence electrons. The molecule has 0 aromatic heterocycles. The normalized spacial score (nSPS) is 35.3. The van der Waals surface area contributed by atoms with Crippen LogP contribution in [0.3, 0.4) is 0 Å². The van der Waals surface area contributed by atoms with Gasteiger partial charge in [0.15, 0.2) is 0 Å². The molecule has 1 N–H and O–H groups in total. The minimum atomic E-state index is 0. The van der Waals surface area contributed by atoms with Crippen molar-refractivity contribution in [3.8, 4) is 0 Å². The fourth-order valence-electron chi connectivity index (χ4n) is 2.08. The van der Waals surface area contributed by atoms with E-state index in [1.807, 2.05) is 16.7 Å². The molecule has 2 rings (SSSR count). The van der Waals surface area contributed by atoms with Gasteiger partial charge in [-0.3, -0.25) is 10.1 Å². The molecular formula is C10H19ClN2OS. The van der Waals surface area contributed by atoms with Crippen molar-refractivity contribution in [2.24, 2.45) is 11.8 Å². The van der Waals surface area contributed by atoms with Crippen LogP contribution in [0.4, 0.5) is 0 Å². The van der Waals surface area contributed by atoms with Crippen LogP contribution < -0.4 is 5.32 Å². The van der Waals surface area contributed by atoms with Crippen LogP contribution in [0.5, 0.6) is 0 Å². The summed E-state index contributed by atoms with van der Waals surface area (Å²) in [5.74, 6) is 3.50. The van der Waals surface area contributed by atoms with Crippen LogP contribution in [-0.4, -0.2) is 41.6 Å². The van der Waals surface area contributed by atoms with Gasteiger partial charge in [-0.25, -0.2) is 0 Å². The number of rotatable bonds is 1. The van der Waals surface area contributed by atoms with E-state index in [1.54, 1.807) is 0 Å². The standard InChI is InChI=1S/C10H18N2OS.ClH/c1-7-3-12(4-8(7)2)10(13)9-5-14-6-11-9;/h7-9,11H,3-6H2,1-2H3;1H/t7?,8?,9-;/m1./s1. The third-order valence-electron chi connectivity index (χ3n) is 3.31. The Kier molecular flexibility index (Phi) is 4.74. The maximum absolute atomic E-state index is 12.0. The van der Waals surface area contributed by atoms with Gasteiger partial charge in [0.05, 0.1) is 6.04 Å². The third-order valence-corrected chi connectivity index (χ3v) is 4.25. The summed E-state index contributed by atoms with van der Waals surface area (Å²) in [4.78, 5) is 14.0. The summed E-state index contributed by atoms with van der Waals surface area (Å²) in [7, 11) is 0. The minimum absolute atomic E-state index is 0. The van der Waals surface area contributed by atoms with Crippen molar-refractivity contribution in [2.75, 3.05) is 24.7 Å². The second kappa shape index (κ2) is 5.41. The summed E-state index contributed by atoms with van der Waals surface area (Å²) in [5.41, 5.74) is 0. The number of thioether (sulfide) groups is 1. The Labute approximate surface area is 102 Å². The smallest absolute Gasteiger partial charge is 0.240 e. The van der Waals surface area contributed by atoms with Gasteiger partial charge in [0.2, 0.25) is 5.91 Å². The molecule has 2 saturated heterocycles. The van der Waals surface area contributed by atoms with E-state index in [2.05, 4.69) is 19.2 Å². The molecule has 0 spiro atoms.